The Bertz CT molecular complexity index is 674. The molecule has 0 aliphatic rings. The van der Waals surface area contributed by atoms with E-state index in [4.69, 9.17) is 11.6 Å². The second kappa shape index (κ2) is 3.97. The van der Waals surface area contributed by atoms with Gasteiger partial charge in [-0.05, 0) is 23.0 Å². The van der Waals surface area contributed by atoms with Gasteiger partial charge in [0.2, 0.25) is 5.28 Å². The zero-order valence-corrected chi connectivity index (χ0v) is 10.5. The van der Waals surface area contributed by atoms with Crippen molar-refractivity contribution in [2.75, 3.05) is 12.4 Å². The molecule has 0 radical (unpaired) electrons. The van der Waals surface area contributed by atoms with E-state index in [9.17, 15) is 0 Å². The first-order valence-corrected chi connectivity index (χ1v) is 6.18. The summed E-state index contributed by atoms with van der Waals surface area (Å²) in [6.45, 7) is 0. The zero-order valence-electron chi connectivity index (χ0n) is 8.88. The maximum Gasteiger partial charge on any atom is 0.224 e. The average Bonchev–Trinajstić information content (AvgIpc) is 2.89. The summed E-state index contributed by atoms with van der Waals surface area (Å²) in [5, 5.41) is 10.8. The first-order valence-electron chi connectivity index (χ1n) is 4.92. The lowest BCUT2D eigenvalue weighted by Gasteiger charge is -2.00. The van der Waals surface area contributed by atoms with Crippen LogP contribution in [0.15, 0.2) is 23.7 Å². The molecule has 0 spiro atoms. The molecule has 7 heteroatoms. The van der Waals surface area contributed by atoms with Crippen molar-refractivity contribution in [2.24, 2.45) is 0 Å². The van der Waals surface area contributed by atoms with Crippen LogP contribution in [0.2, 0.25) is 5.28 Å². The van der Waals surface area contributed by atoms with Crippen LogP contribution in [0, 0.1) is 0 Å². The van der Waals surface area contributed by atoms with Crippen LogP contribution in [0.5, 0.6) is 0 Å². The highest BCUT2D eigenvalue weighted by Crippen LogP contribution is 2.29. The van der Waals surface area contributed by atoms with Crippen molar-refractivity contribution in [1.29, 1.82) is 0 Å². The third-order valence-corrected chi connectivity index (χ3v) is 3.43. The van der Waals surface area contributed by atoms with E-state index in [0.29, 0.717) is 5.82 Å². The van der Waals surface area contributed by atoms with Crippen molar-refractivity contribution in [3.63, 3.8) is 0 Å². The Balaban J connectivity index is 2.26. The molecule has 3 rings (SSSR count). The molecule has 0 bridgehead atoms. The quantitative estimate of drug-likeness (QED) is 0.724. The molecule has 0 unspecified atom stereocenters. The van der Waals surface area contributed by atoms with Crippen molar-refractivity contribution >= 4 is 39.0 Å². The number of hydrogen-bond donors (Lipinski definition) is 1. The summed E-state index contributed by atoms with van der Waals surface area (Å²) < 4.78 is 1.76. The number of anilines is 1. The second-order valence-electron chi connectivity index (χ2n) is 3.33. The summed E-state index contributed by atoms with van der Waals surface area (Å²) in [6, 6.07) is 3.80. The molecule has 3 heterocycles. The van der Waals surface area contributed by atoms with Crippen LogP contribution in [0.3, 0.4) is 0 Å². The summed E-state index contributed by atoms with van der Waals surface area (Å²) in [6.07, 6.45) is 1.62. The average molecular weight is 266 g/mol. The van der Waals surface area contributed by atoms with Gasteiger partial charge in [-0.25, -0.2) is 9.67 Å². The lowest BCUT2D eigenvalue weighted by Crippen LogP contribution is -2.00. The van der Waals surface area contributed by atoms with Gasteiger partial charge in [0.15, 0.2) is 11.6 Å². The minimum Gasteiger partial charge on any atom is -0.371 e. The van der Waals surface area contributed by atoms with Gasteiger partial charge in [-0.3, -0.25) is 0 Å². The van der Waals surface area contributed by atoms with Crippen LogP contribution in [0.25, 0.3) is 16.0 Å². The molecule has 3 aromatic rings. The molecule has 0 aliphatic carbocycles. The maximum absolute atomic E-state index is 5.78. The number of hydrogen-bond acceptors (Lipinski definition) is 5. The van der Waals surface area contributed by atoms with Crippen molar-refractivity contribution < 1.29 is 0 Å². The van der Waals surface area contributed by atoms with Crippen molar-refractivity contribution in [1.82, 2.24) is 19.7 Å². The van der Waals surface area contributed by atoms with Crippen molar-refractivity contribution in [3.05, 3.63) is 29.0 Å². The Labute approximate surface area is 106 Å². The Morgan fingerprint density at radius 1 is 1.41 bits per heavy atom. The summed E-state index contributed by atoms with van der Waals surface area (Å²) in [7, 11) is 1.84. The molecule has 0 aromatic carbocycles. The van der Waals surface area contributed by atoms with Crippen molar-refractivity contribution in [2.45, 2.75) is 0 Å². The highest BCUT2D eigenvalue weighted by Gasteiger charge is 2.12. The molecule has 0 fully saturated rings. The van der Waals surface area contributed by atoms with Crippen LogP contribution >= 0.6 is 22.9 Å². The number of fused-ring (bicyclic) bond motifs is 1. The van der Waals surface area contributed by atoms with Gasteiger partial charge < -0.3 is 5.32 Å². The monoisotopic (exact) mass is 265 g/mol. The molecule has 0 aliphatic heterocycles. The normalized spacial score (nSPS) is 10.9. The summed E-state index contributed by atoms with van der Waals surface area (Å²) >= 11 is 7.39. The lowest BCUT2D eigenvalue weighted by molar-refractivity contribution is 0.873. The van der Waals surface area contributed by atoms with Crippen LogP contribution in [-0.4, -0.2) is 26.8 Å². The van der Waals surface area contributed by atoms with E-state index in [1.54, 1.807) is 28.3 Å². The molecule has 5 nitrogen and oxygen atoms in total. The van der Waals surface area contributed by atoms with Crippen LogP contribution in [0.4, 0.5) is 5.82 Å². The van der Waals surface area contributed by atoms with E-state index >= 15 is 0 Å². The first-order chi connectivity index (χ1) is 8.29. The molecule has 0 amide bonds. The largest absolute Gasteiger partial charge is 0.371 e. The molecule has 0 atom stereocenters. The van der Waals surface area contributed by atoms with E-state index in [1.807, 2.05) is 18.5 Å². The molecule has 0 saturated heterocycles. The smallest absolute Gasteiger partial charge is 0.224 e. The topological polar surface area (TPSA) is 55.6 Å². The van der Waals surface area contributed by atoms with Crippen LogP contribution in [0.1, 0.15) is 0 Å². The van der Waals surface area contributed by atoms with Gasteiger partial charge >= 0.3 is 0 Å². The van der Waals surface area contributed by atoms with Gasteiger partial charge in [-0.2, -0.15) is 4.98 Å². The van der Waals surface area contributed by atoms with E-state index < -0.39 is 0 Å². The molecular weight excluding hydrogens is 258 g/mol. The second-order valence-corrected chi connectivity index (χ2v) is 4.57. The summed E-state index contributed by atoms with van der Waals surface area (Å²) in [5.74, 6) is 1.50. The fourth-order valence-corrected chi connectivity index (χ4v) is 2.63. The highest BCUT2D eigenvalue weighted by molar-refractivity contribution is 7.16. The number of nitrogens with one attached hydrogen (secondary N) is 1. The van der Waals surface area contributed by atoms with Crippen LogP contribution < -0.4 is 5.32 Å². The molecule has 86 valence electrons. The Morgan fingerprint density at radius 2 is 2.29 bits per heavy atom. The Kier molecular flexibility index (Phi) is 2.45. The van der Waals surface area contributed by atoms with Gasteiger partial charge in [0.1, 0.15) is 4.83 Å². The van der Waals surface area contributed by atoms with E-state index in [1.165, 1.54) is 0 Å². The zero-order chi connectivity index (χ0) is 11.8. The molecule has 1 N–H and O–H groups in total. The number of rotatable bonds is 2. The van der Waals surface area contributed by atoms with Gasteiger partial charge in [-0.1, -0.05) is 0 Å². The predicted octanol–water partition coefficient (Wildman–Crippen LogP) is 2.57. The minimum atomic E-state index is 0.216. The molecular formula is C10H8ClN5S. The summed E-state index contributed by atoms with van der Waals surface area (Å²) in [5.41, 5.74) is 0. The van der Waals surface area contributed by atoms with Gasteiger partial charge in [0.05, 0.1) is 5.39 Å². The van der Waals surface area contributed by atoms with Gasteiger partial charge in [0, 0.05) is 19.3 Å². The van der Waals surface area contributed by atoms with E-state index in [-0.39, 0.29) is 5.28 Å². The van der Waals surface area contributed by atoms with Crippen molar-refractivity contribution in [3.8, 4) is 5.82 Å². The number of halogens is 1. The molecule has 0 saturated carbocycles. The fourth-order valence-electron chi connectivity index (χ4n) is 1.63. The van der Waals surface area contributed by atoms with E-state index in [0.717, 1.165) is 16.0 Å². The fraction of sp³-hybridized carbons (Fsp3) is 0.100. The Hall–Kier alpha value is -1.66. The van der Waals surface area contributed by atoms with Gasteiger partial charge in [0.25, 0.3) is 0 Å². The van der Waals surface area contributed by atoms with Crippen LogP contribution in [-0.2, 0) is 0 Å². The van der Waals surface area contributed by atoms with Gasteiger partial charge in [-0.15, -0.1) is 16.4 Å². The van der Waals surface area contributed by atoms with E-state index in [2.05, 4.69) is 20.4 Å². The first kappa shape index (κ1) is 10.5. The third kappa shape index (κ3) is 1.65. The third-order valence-electron chi connectivity index (χ3n) is 2.36. The summed E-state index contributed by atoms with van der Waals surface area (Å²) in [4.78, 5) is 9.05. The minimum absolute atomic E-state index is 0.216. The lowest BCUT2D eigenvalue weighted by atomic mass is 10.4. The predicted molar refractivity (Wildman–Crippen MR) is 69.1 cm³/mol. The SMILES string of the molecule is CNc1nn(-c2ccnc(Cl)n2)c2sccc12. The Morgan fingerprint density at radius 3 is 3.06 bits per heavy atom. The standard InChI is InChI=1S/C10H8ClN5S/c1-12-8-6-3-5-17-9(6)16(15-8)7-2-4-13-10(11)14-7/h2-5H,1H3,(H,12,15). The molecule has 17 heavy (non-hydrogen) atoms. The number of thiophene rings is 1. The maximum atomic E-state index is 5.78. The number of nitrogens with zero attached hydrogens (tertiary/aromatic N) is 4. The molecule has 3 aromatic heterocycles. The number of aromatic nitrogens is 4. The highest BCUT2D eigenvalue weighted by atomic mass is 35.5.